The van der Waals surface area contributed by atoms with Gasteiger partial charge in [-0.3, -0.25) is 9.59 Å². The van der Waals surface area contributed by atoms with Crippen molar-refractivity contribution in [2.75, 3.05) is 0 Å². The Balaban J connectivity index is 2.00. The third kappa shape index (κ3) is 3.27. The lowest BCUT2D eigenvalue weighted by molar-refractivity contribution is 0.0945. The van der Waals surface area contributed by atoms with E-state index in [0.717, 1.165) is 16.2 Å². The van der Waals surface area contributed by atoms with Crippen molar-refractivity contribution in [3.63, 3.8) is 0 Å². The SMILES string of the molecule is O=C(NCc1cccc(Br)c1)c1c[nH]c(=O)cn1. The van der Waals surface area contributed by atoms with Gasteiger partial charge in [0.15, 0.2) is 0 Å². The second-order valence-corrected chi connectivity index (χ2v) is 4.52. The summed E-state index contributed by atoms with van der Waals surface area (Å²) in [6, 6.07) is 7.63. The van der Waals surface area contributed by atoms with Crippen LogP contribution in [0, 0.1) is 0 Å². The van der Waals surface area contributed by atoms with Gasteiger partial charge < -0.3 is 10.3 Å². The van der Waals surface area contributed by atoms with Crippen LogP contribution in [-0.2, 0) is 6.54 Å². The van der Waals surface area contributed by atoms with Gasteiger partial charge in [-0.25, -0.2) is 4.98 Å². The summed E-state index contributed by atoms with van der Waals surface area (Å²) in [7, 11) is 0. The summed E-state index contributed by atoms with van der Waals surface area (Å²) in [6.45, 7) is 0.402. The minimum absolute atomic E-state index is 0.185. The average Bonchev–Trinajstić information content (AvgIpc) is 2.37. The molecule has 0 atom stereocenters. The van der Waals surface area contributed by atoms with Crippen LogP contribution in [0.5, 0.6) is 0 Å². The van der Waals surface area contributed by atoms with Crippen LogP contribution in [0.1, 0.15) is 16.1 Å². The number of carbonyl (C=O) groups is 1. The highest BCUT2D eigenvalue weighted by atomic mass is 79.9. The summed E-state index contributed by atoms with van der Waals surface area (Å²) in [5.41, 5.74) is 0.824. The molecule has 0 saturated carbocycles. The Kier molecular flexibility index (Phi) is 3.88. The molecule has 6 heteroatoms. The third-order valence-corrected chi connectivity index (χ3v) is 2.74. The molecule has 0 aliphatic rings. The first-order valence-corrected chi connectivity index (χ1v) is 6.02. The Hall–Kier alpha value is -1.95. The lowest BCUT2D eigenvalue weighted by Gasteiger charge is -2.04. The maximum atomic E-state index is 11.7. The van der Waals surface area contributed by atoms with Crippen molar-refractivity contribution in [1.82, 2.24) is 15.3 Å². The van der Waals surface area contributed by atoms with Crippen LogP contribution in [0.2, 0.25) is 0 Å². The van der Waals surface area contributed by atoms with Crippen molar-refractivity contribution in [3.05, 3.63) is 62.7 Å². The van der Waals surface area contributed by atoms with Gasteiger partial charge in [-0.1, -0.05) is 28.1 Å². The quantitative estimate of drug-likeness (QED) is 0.901. The molecule has 0 saturated heterocycles. The van der Waals surface area contributed by atoms with E-state index in [4.69, 9.17) is 0 Å². The number of hydrogen-bond donors (Lipinski definition) is 2. The Morgan fingerprint density at radius 1 is 1.44 bits per heavy atom. The highest BCUT2D eigenvalue weighted by Gasteiger charge is 2.06. The molecule has 0 spiro atoms. The molecular weight excluding hydrogens is 298 g/mol. The molecule has 0 unspecified atom stereocenters. The van der Waals surface area contributed by atoms with E-state index in [-0.39, 0.29) is 17.2 Å². The normalized spacial score (nSPS) is 10.1. The highest BCUT2D eigenvalue weighted by Crippen LogP contribution is 2.11. The average molecular weight is 308 g/mol. The molecule has 0 radical (unpaired) electrons. The molecule has 2 aromatic rings. The van der Waals surface area contributed by atoms with Gasteiger partial charge in [0.1, 0.15) is 5.69 Å². The molecule has 0 bridgehead atoms. The summed E-state index contributed by atoms with van der Waals surface area (Å²) in [5.74, 6) is -0.328. The summed E-state index contributed by atoms with van der Waals surface area (Å²) in [4.78, 5) is 28.7. The monoisotopic (exact) mass is 307 g/mol. The Morgan fingerprint density at radius 2 is 2.28 bits per heavy atom. The molecule has 18 heavy (non-hydrogen) atoms. The number of benzene rings is 1. The van der Waals surface area contributed by atoms with Crippen molar-refractivity contribution >= 4 is 21.8 Å². The van der Waals surface area contributed by atoms with Crippen LogP contribution in [0.4, 0.5) is 0 Å². The van der Waals surface area contributed by atoms with E-state index in [1.807, 2.05) is 24.3 Å². The maximum Gasteiger partial charge on any atom is 0.271 e. The minimum Gasteiger partial charge on any atom is -0.347 e. The number of aromatic amines is 1. The number of hydrogen-bond acceptors (Lipinski definition) is 3. The van der Waals surface area contributed by atoms with E-state index in [2.05, 4.69) is 31.2 Å². The molecule has 1 aromatic carbocycles. The standard InChI is InChI=1S/C12H10BrN3O2/c13-9-3-1-2-8(4-9)5-16-12(18)10-6-15-11(17)7-14-10/h1-4,6-7H,5H2,(H,15,17)(H,16,18). The molecule has 1 heterocycles. The Morgan fingerprint density at radius 3 is 2.94 bits per heavy atom. The zero-order chi connectivity index (χ0) is 13.0. The zero-order valence-electron chi connectivity index (χ0n) is 9.31. The summed E-state index contributed by atoms with van der Waals surface area (Å²) in [6.07, 6.45) is 2.37. The van der Waals surface area contributed by atoms with Gasteiger partial charge in [-0.2, -0.15) is 0 Å². The number of rotatable bonds is 3. The first-order chi connectivity index (χ1) is 8.65. The van der Waals surface area contributed by atoms with Gasteiger partial charge in [-0.05, 0) is 17.7 Å². The van der Waals surface area contributed by atoms with Crippen LogP contribution >= 0.6 is 15.9 Å². The fourth-order valence-electron chi connectivity index (χ4n) is 1.39. The number of nitrogens with zero attached hydrogens (tertiary/aromatic N) is 1. The van der Waals surface area contributed by atoms with Crippen molar-refractivity contribution in [2.45, 2.75) is 6.54 Å². The molecule has 2 rings (SSSR count). The fraction of sp³-hybridized carbons (Fsp3) is 0.0833. The van der Waals surface area contributed by atoms with Gasteiger partial charge in [0.05, 0.1) is 6.20 Å². The molecule has 2 N–H and O–H groups in total. The predicted octanol–water partition coefficient (Wildman–Crippen LogP) is 1.46. The van der Waals surface area contributed by atoms with Gasteiger partial charge in [-0.15, -0.1) is 0 Å². The van der Waals surface area contributed by atoms with E-state index < -0.39 is 0 Å². The third-order valence-electron chi connectivity index (χ3n) is 2.25. The number of aromatic nitrogens is 2. The van der Waals surface area contributed by atoms with Crippen molar-refractivity contribution < 1.29 is 4.79 Å². The molecule has 1 amide bonds. The smallest absolute Gasteiger partial charge is 0.271 e. The molecule has 0 fully saturated rings. The summed E-state index contributed by atoms with van der Waals surface area (Å²) in [5, 5.41) is 2.72. The Bertz CT molecular complexity index is 604. The molecule has 0 aliphatic carbocycles. The number of carbonyl (C=O) groups excluding carboxylic acids is 1. The lowest BCUT2D eigenvalue weighted by atomic mass is 10.2. The van der Waals surface area contributed by atoms with E-state index >= 15 is 0 Å². The van der Waals surface area contributed by atoms with Crippen molar-refractivity contribution in [2.24, 2.45) is 0 Å². The molecule has 5 nitrogen and oxygen atoms in total. The summed E-state index contributed by atoms with van der Waals surface area (Å²) >= 11 is 3.36. The van der Waals surface area contributed by atoms with Crippen molar-refractivity contribution in [3.8, 4) is 0 Å². The first-order valence-electron chi connectivity index (χ1n) is 5.22. The van der Waals surface area contributed by atoms with Crippen LogP contribution in [0.15, 0.2) is 45.9 Å². The molecule has 0 aliphatic heterocycles. The zero-order valence-corrected chi connectivity index (χ0v) is 10.9. The topological polar surface area (TPSA) is 74.8 Å². The second kappa shape index (κ2) is 5.59. The van der Waals surface area contributed by atoms with E-state index in [1.54, 1.807) is 0 Å². The van der Waals surface area contributed by atoms with Crippen molar-refractivity contribution in [1.29, 1.82) is 0 Å². The fourth-order valence-corrected chi connectivity index (χ4v) is 1.83. The first kappa shape index (κ1) is 12.5. The van der Waals surface area contributed by atoms with E-state index in [1.165, 1.54) is 6.20 Å². The van der Waals surface area contributed by atoms with E-state index in [9.17, 15) is 9.59 Å². The summed E-state index contributed by atoms with van der Waals surface area (Å²) < 4.78 is 0.955. The highest BCUT2D eigenvalue weighted by molar-refractivity contribution is 9.10. The van der Waals surface area contributed by atoms with Crippen LogP contribution < -0.4 is 10.9 Å². The predicted molar refractivity (Wildman–Crippen MR) is 70.2 cm³/mol. The maximum absolute atomic E-state index is 11.7. The van der Waals surface area contributed by atoms with E-state index in [0.29, 0.717) is 6.54 Å². The second-order valence-electron chi connectivity index (χ2n) is 3.61. The molecule has 92 valence electrons. The Labute approximate surface area is 111 Å². The molecule has 1 aromatic heterocycles. The van der Waals surface area contributed by atoms with Gasteiger partial charge in [0.2, 0.25) is 0 Å². The lowest BCUT2D eigenvalue weighted by Crippen LogP contribution is -2.25. The van der Waals surface area contributed by atoms with Gasteiger partial charge in [0, 0.05) is 17.2 Å². The van der Waals surface area contributed by atoms with Crippen LogP contribution in [0.25, 0.3) is 0 Å². The number of amides is 1. The largest absolute Gasteiger partial charge is 0.347 e. The van der Waals surface area contributed by atoms with Gasteiger partial charge in [0.25, 0.3) is 11.5 Å². The van der Waals surface area contributed by atoms with Crippen LogP contribution in [0.3, 0.4) is 0 Å². The van der Waals surface area contributed by atoms with Crippen LogP contribution in [-0.4, -0.2) is 15.9 Å². The molecular formula is C12H10BrN3O2. The number of H-pyrrole nitrogens is 1. The number of nitrogens with one attached hydrogen (secondary N) is 2. The van der Waals surface area contributed by atoms with Gasteiger partial charge >= 0.3 is 0 Å². The minimum atomic E-state index is -0.335. The number of halogens is 1.